The Labute approximate surface area is 121 Å². The van der Waals surface area contributed by atoms with E-state index in [0.717, 1.165) is 5.75 Å². The summed E-state index contributed by atoms with van der Waals surface area (Å²) >= 11 is 4.25. The van der Waals surface area contributed by atoms with E-state index in [1.54, 1.807) is 0 Å². The molecule has 0 N–H and O–H groups in total. The van der Waals surface area contributed by atoms with Gasteiger partial charge in [0.05, 0.1) is 6.10 Å². The first kappa shape index (κ1) is 15.2. The van der Waals surface area contributed by atoms with Gasteiger partial charge in [-0.1, -0.05) is 20.3 Å². The Balaban J connectivity index is 0.000000686. The molecule has 0 spiro atoms. The van der Waals surface area contributed by atoms with Crippen molar-refractivity contribution < 1.29 is 21.1 Å². The van der Waals surface area contributed by atoms with Crippen LogP contribution in [0.5, 0.6) is 5.75 Å². The first-order valence-electron chi connectivity index (χ1n) is 6.18. The Hall–Kier alpha value is 0.123. The van der Waals surface area contributed by atoms with E-state index in [1.165, 1.54) is 59.6 Å². The van der Waals surface area contributed by atoms with Crippen LogP contribution in [0.4, 0.5) is 0 Å². The Bertz CT molecular complexity index is 315. The first-order chi connectivity index (χ1) is 8.24. The van der Waals surface area contributed by atoms with Gasteiger partial charge in [0.15, 0.2) is 0 Å². The second-order valence-corrected chi connectivity index (χ2v) is 4.56. The van der Waals surface area contributed by atoms with Crippen LogP contribution < -0.4 is 4.74 Å². The van der Waals surface area contributed by atoms with Crippen molar-refractivity contribution >= 4 is 13.6 Å². The molecule has 1 aliphatic rings. The van der Waals surface area contributed by atoms with Crippen LogP contribution in [0.3, 0.4) is 0 Å². The molecular weight excluding hydrogens is 329 g/mol. The SMILES string of the molecule is Cc1[c-]c(C)cc(OC2CCCCC2)c1.[Zn+][Br]. The van der Waals surface area contributed by atoms with Gasteiger partial charge in [-0.25, -0.2) is 0 Å². The van der Waals surface area contributed by atoms with Crippen LogP contribution >= 0.6 is 13.6 Å². The predicted molar refractivity (Wildman–Crippen MR) is 71.2 cm³/mol. The van der Waals surface area contributed by atoms with E-state index in [-0.39, 0.29) is 0 Å². The van der Waals surface area contributed by atoms with E-state index < -0.39 is 0 Å². The molecule has 90 valence electrons. The summed E-state index contributed by atoms with van der Waals surface area (Å²) in [7, 11) is 0. The number of hydrogen-bond donors (Lipinski definition) is 0. The maximum atomic E-state index is 6.00. The summed E-state index contributed by atoms with van der Waals surface area (Å²) in [5.41, 5.74) is 2.33. The van der Waals surface area contributed by atoms with Crippen molar-refractivity contribution in [1.82, 2.24) is 0 Å². The van der Waals surface area contributed by atoms with Gasteiger partial charge in [0, 0.05) is 5.75 Å². The van der Waals surface area contributed by atoms with Gasteiger partial charge in [-0.15, -0.1) is 12.1 Å². The fraction of sp³-hybridized carbons (Fsp3) is 0.571. The average Bonchev–Trinajstić information content (AvgIpc) is 2.31. The van der Waals surface area contributed by atoms with Crippen LogP contribution in [0.1, 0.15) is 43.2 Å². The maximum absolute atomic E-state index is 6.00. The summed E-state index contributed by atoms with van der Waals surface area (Å²) in [6.45, 7) is 4.14. The molecule has 0 aromatic heterocycles. The Kier molecular flexibility index (Phi) is 7.38. The number of hydrogen-bond acceptors (Lipinski definition) is 1. The van der Waals surface area contributed by atoms with Gasteiger partial charge in [0.1, 0.15) is 0 Å². The van der Waals surface area contributed by atoms with Crippen molar-refractivity contribution in [3.8, 4) is 5.75 Å². The third-order valence-corrected chi connectivity index (χ3v) is 2.97. The molecule has 0 saturated heterocycles. The van der Waals surface area contributed by atoms with Gasteiger partial charge in [0.2, 0.25) is 0 Å². The summed E-state index contributed by atoms with van der Waals surface area (Å²) in [6, 6.07) is 7.44. The van der Waals surface area contributed by atoms with Gasteiger partial charge in [-0.05, 0) is 25.7 Å². The number of aryl methyl sites for hydroxylation is 2. The fourth-order valence-corrected chi connectivity index (χ4v) is 2.30. The molecule has 0 aliphatic heterocycles. The van der Waals surface area contributed by atoms with Crippen molar-refractivity contribution in [2.75, 3.05) is 0 Å². The van der Waals surface area contributed by atoms with Crippen molar-refractivity contribution in [2.45, 2.75) is 52.1 Å². The Morgan fingerprint density at radius 2 is 1.65 bits per heavy atom. The van der Waals surface area contributed by atoms with Crippen molar-refractivity contribution in [3.63, 3.8) is 0 Å². The van der Waals surface area contributed by atoms with Gasteiger partial charge in [-0.2, -0.15) is 17.2 Å². The van der Waals surface area contributed by atoms with E-state index in [4.69, 9.17) is 4.74 Å². The number of ether oxygens (including phenoxy) is 1. The van der Waals surface area contributed by atoms with E-state index in [0.29, 0.717) is 6.10 Å². The van der Waals surface area contributed by atoms with Crippen LogP contribution in [0.2, 0.25) is 0 Å². The molecule has 1 aromatic rings. The Morgan fingerprint density at radius 1 is 1.12 bits per heavy atom. The standard InChI is InChI=1S/C14H19O.BrH.Zn/c1-11-8-12(2)10-14(9-11)15-13-6-4-3-5-7-13;;/h9-10,13H,3-7H2,1-2H3;1H;/q-1;;+2/p-1. The molecule has 0 radical (unpaired) electrons. The van der Waals surface area contributed by atoms with Crippen LogP contribution in [-0.4, -0.2) is 6.10 Å². The molecule has 17 heavy (non-hydrogen) atoms. The molecule has 0 bridgehead atoms. The molecule has 0 heterocycles. The molecule has 1 fully saturated rings. The third-order valence-electron chi connectivity index (χ3n) is 2.97. The van der Waals surface area contributed by atoms with E-state index in [9.17, 15) is 0 Å². The summed E-state index contributed by atoms with van der Waals surface area (Å²) in [6.07, 6.45) is 6.90. The summed E-state index contributed by atoms with van der Waals surface area (Å²) in [5, 5.41) is 0. The number of halogens is 1. The fourth-order valence-electron chi connectivity index (χ4n) is 2.30. The Morgan fingerprint density at radius 3 is 2.18 bits per heavy atom. The summed E-state index contributed by atoms with van der Waals surface area (Å²) in [5.74, 6) is 1.02. The van der Waals surface area contributed by atoms with E-state index >= 15 is 0 Å². The van der Waals surface area contributed by atoms with Crippen LogP contribution in [-0.2, 0) is 16.3 Å². The number of benzene rings is 1. The van der Waals surface area contributed by atoms with Crippen molar-refractivity contribution in [2.24, 2.45) is 0 Å². The molecule has 1 aliphatic carbocycles. The molecule has 1 aromatic carbocycles. The van der Waals surface area contributed by atoms with E-state index in [1.807, 2.05) is 0 Å². The minimum absolute atomic E-state index is 0.444. The topological polar surface area (TPSA) is 9.23 Å². The average molecular weight is 349 g/mol. The second kappa shape index (κ2) is 8.26. The molecule has 0 amide bonds. The van der Waals surface area contributed by atoms with Gasteiger partial charge < -0.3 is 4.74 Å². The predicted octanol–water partition coefficient (Wildman–Crippen LogP) is 4.66. The summed E-state index contributed by atoms with van der Waals surface area (Å²) in [4.78, 5) is 0. The zero-order valence-corrected chi connectivity index (χ0v) is 15.3. The molecule has 3 heteroatoms. The normalized spacial score (nSPS) is 16.1. The number of rotatable bonds is 2. The van der Waals surface area contributed by atoms with Gasteiger partial charge >= 0.3 is 30.0 Å². The zero-order chi connectivity index (χ0) is 12.7. The molecule has 2 rings (SSSR count). The molecule has 0 atom stereocenters. The van der Waals surface area contributed by atoms with Crippen LogP contribution in [0.15, 0.2) is 12.1 Å². The second-order valence-electron chi connectivity index (χ2n) is 4.56. The van der Waals surface area contributed by atoms with Gasteiger partial charge in [-0.3, -0.25) is 0 Å². The quantitative estimate of drug-likeness (QED) is 0.558. The van der Waals surface area contributed by atoms with Crippen molar-refractivity contribution in [1.29, 1.82) is 0 Å². The minimum atomic E-state index is 0.444. The van der Waals surface area contributed by atoms with Crippen LogP contribution in [0.25, 0.3) is 0 Å². The summed E-state index contributed by atoms with van der Waals surface area (Å²) < 4.78 is 6.00. The molecule has 0 unspecified atom stereocenters. The molecular formula is C14H19BrOZn. The van der Waals surface area contributed by atoms with E-state index in [2.05, 4.69) is 45.7 Å². The zero-order valence-electron chi connectivity index (χ0n) is 10.8. The van der Waals surface area contributed by atoms with Crippen LogP contribution in [0, 0.1) is 19.9 Å². The van der Waals surface area contributed by atoms with Crippen molar-refractivity contribution in [3.05, 3.63) is 29.3 Å². The molecule has 1 saturated carbocycles. The third kappa shape index (κ3) is 5.53. The van der Waals surface area contributed by atoms with Gasteiger partial charge in [0.25, 0.3) is 0 Å². The molecule has 1 nitrogen and oxygen atoms in total. The first-order valence-corrected chi connectivity index (χ1v) is 13.1. The monoisotopic (exact) mass is 346 g/mol.